The van der Waals surface area contributed by atoms with Gasteiger partial charge in [0.1, 0.15) is 11.6 Å². The molecule has 162 valence electrons. The summed E-state index contributed by atoms with van der Waals surface area (Å²) in [5, 5.41) is 4.03. The number of rotatable bonds is 6. The highest BCUT2D eigenvalue weighted by atomic mass is 16.5. The molecular weight excluding hydrogens is 394 g/mol. The zero-order chi connectivity index (χ0) is 21.8. The fourth-order valence-electron chi connectivity index (χ4n) is 3.43. The molecule has 31 heavy (non-hydrogen) atoms. The van der Waals surface area contributed by atoms with Crippen molar-refractivity contribution in [2.45, 2.75) is 26.7 Å². The van der Waals surface area contributed by atoms with Crippen molar-refractivity contribution in [1.82, 2.24) is 20.0 Å². The average molecular weight is 422 g/mol. The summed E-state index contributed by atoms with van der Waals surface area (Å²) in [5.41, 5.74) is 1.84. The Hall–Kier alpha value is -3.42. The molecule has 1 fully saturated rings. The number of carbonyl (C=O) groups excluding carboxylic acids is 1. The molecule has 8 heteroatoms. The molecule has 0 saturated carbocycles. The molecule has 0 radical (unpaired) electrons. The Bertz CT molecular complexity index is 1020. The van der Waals surface area contributed by atoms with E-state index in [0.717, 1.165) is 35.8 Å². The third-order valence-corrected chi connectivity index (χ3v) is 5.34. The number of pyridine rings is 1. The Morgan fingerprint density at radius 1 is 1.13 bits per heavy atom. The van der Waals surface area contributed by atoms with E-state index in [0.29, 0.717) is 24.8 Å². The van der Waals surface area contributed by atoms with Gasteiger partial charge in [0.05, 0.1) is 0 Å². The molecule has 1 aliphatic rings. The first-order valence-corrected chi connectivity index (χ1v) is 10.5. The molecule has 3 heterocycles. The van der Waals surface area contributed by atoms with Crippen LogP contribution in [-0.2, 0) is 4.79 Å². The molecule has 0 unspecified atom stereocenters. The lowest BCUT2D eigenvalue weighted by Crippen LogP contribution is -2.50. The number of aryl methyl sites for hydroxylation is 1. The Labute approximate surface area is 181 Å². The number of benzene rings is 1. The van der Waals surface area contributed by atoms with Gasteiger partial charge >= 0.3 is 0 Å². The van der Waals surface area contributed by atoms with Gasteiger partial charge in [0.2, 0.25) is 11.7 Å². The lowest BCUT2D eigenvalue weighted by atomic mass is 10.2. The molecule has 1 aliphatic heterocycles. The predicted octanol–water partition coefficient (Wildman–Crippen LogP) is 3.29. The van der Waals surface area contributed by atoms with Crippen molar-refractivity contribution in [3.63, 3.8) is 0 Å². The molecule has 0 spiro atoms. The van der Waals surface area contributed by atoms with Gasteiger partial charge in [0.25, 0.3) is 5.91 Å². The minimum Gasteiger partial charge on any atom is -0.484 e. The van der Waals surface area contributed by atoms with Gasteiger partial charge < -0.3 is 19.1 Å². The van der Waals surface area contributed by atoms with Gasteiger partial charge in [0.15, 0.2) is 6.61 Å². The minimum absolute atomic E-state index is 0.00396. The number of nitrogens with zero attached hydrogens (tertiary/aromatic N) is 5. The first-order chi connectivity index (χ1) is 15.0. The second-order valence-corrected chi connectivity index (χ2v) is 7.94. The summed E-state index contributed by atoms with van der Waals surface area (Å²) in [7, 11) is 0. The van der Waals surface area contributed by atoms with Gasteiger partial charge in [0, 0.05) is 43.9 Å². The van der Waals surface area contributed by atoms with E-state index in [2.05, 4.69) is 20.0 Å². The Morgan fingerprint density at radius 2 is 1.90 bits per heavy atom. The number of para-hydroxylation sites is 1. The summed E-state index contributed by atoms with van der Waals surface area (Å²) in [4.78, 5) is 25.5. The van der Waals surface area contributed by atoms with Crippen molar-refractivity contribution in [1.29, 1.82) is 0 Å². The standard InChI is InChI=1S/C23H27N5O3/c1-16(2)23-25-22(26-31-23)18-8-9-20(24-14-18)27-10-12-28(13-11-27)21(29)15-30-19-7-5-4-6-17(19)3/h4-9,14,16H,10-13,15H2,1-3H3. The molecule has 3 aromatic rings. The van der Waals surface area contributed by atoms with Crippen molar-refractivity contribution in [2.75, 3.05) is 37.7 Å². The maximum Gasteiger partial charge on any atom is 0.260 e. The molecule has 0 aliphatic carbocycles. The molecule has 0 bridgehead atoms. The Morgan fingerprint density at radius 3 is 2.55 bits per heavy atom. The van der Waals surface area contributed by atoms with E-state index in [-0.39, 0.29) is 18.4 Å². The van der Waals surface area contributed by atoms with Crippen molar-refractivity contribution in [3.8, 4) is 17.1 Å². The van der Waals surface area contributed by atoms with Crippen molar-refractivity contribution in [3.05, 3.63) is 54.0 Å². The lowest BCUT2D eigenvalue weighted by molar-refractivity contribution is -0.133. The number of amides is 1. The highest BCUT2D eigenvalue weighted by molar-refractivity contribution is 5.78. The number of hydrogen-bond acceptors (Lipinski definition) is 7. The molecule has 1 amide bonds. The molecule has 1 saturated heterocycles. The van der Waals surface area contributed by atoms with Gasteiger partial charge in [-0.15, -0.1) is 0 Å². The molecule has 1 aromatic carbocycles. The van der Waals surface area contributed by atoms with Crippen molar-refractivity contribution < 1.29 is 14.1 Å². The minimum atomic E-state index is 0.00396. The van der Waals surface area contributed by atoms with E-state index >= 15 is 0 Å². The molecular formula is C23H27N5O3. The van der Waals surface area contributed by atoms with Crippen molar-refractivity contribution in [2.24, 2.45) is 0 Å². The van der Waals surface area contributed by atoms with E-state index in [1.165, 1.54) is 0 Å². The summed E-state index contributed by atoms with van der Waals surface area (Å²) in [6.07, 6.45) is 1.76. The van der Waals surface area contributed by atoms with E-state index in [4.69, 9.17) is 9.26 Å². The highest BCUT2D eigenvalue weighted by Crippen LogP contribution is 2.22. The second-order valence-electron chi connectivity index (χ2n) is 7.94. The molecule has 0 N–H and O–H groups in total. The monoisotopic (exact) mass is 421 g/mol. The van der Waals surface area contributed by atoms with E-state index in [1.54, 1.807) is 6.20 Å². The second kappa shape index (κ2) is 9.16. The third kappa shape index (κ3) is 4.84. The van der Waals surface area contributed by atoms with Crippen LogP contribution < -0.4 is 9.64 Å². The Kier molecular flexibility index (Phi) is 6.16. The number of piperazine rings is 1. The first-order valence-electron chi connectivity index (χ1n) is 10.5. The third-order valence-electron chi connectivity index (χ3n) is 5.34. The van der Waals surface area contributed by atoms with Crippen LogP contribution in [0.2, 0.25) is 0 Å². The topological polar surface area (TPSA) is 84.6 Å². The van der Waals surface area contributed by atoms with E-state index < -0.39 is 0 Å². The van der Waals surface area contributed by atoms with E-state index in [1.807, 2.05) is 62.1 Å². The summed E-state index contributed by atoms with van der Waals surface area (Å²) in [6.45, 7) is 8.78. The summed E-state index contributed by atoms with van der Waals surface area (Å²) in [5.74, 6) is 2.98. The van der Waals surface area contributed by atoms with Crippen LogP contribution in [0.5, 0.6) is 5.75 Å². The van der Waals surface area contributed by atoms with Gasteiger partial charge in [-0.05, 0) is 30.7 Å². The normalized spacial score (nSPS) is 14.2. The SMILES string of the molecule is Cc1ccccc1OCC(=O)N1CCN(c2ccc(-c3noc(C(C)C)n3)cn2)CC1. The smallest absolute Gasteiger partial charge is 0.260 e. The van der Waals surface area contributed by atoms with Crippen LogP contribution >= 0.6 is 0 Å². The maximum atomic E-state index is 12.5. The number of anilines is 1. The lowest BCUT2D eigenvalue weighted by Gasteiger charge is -2.35. The van der Waals surface area contributed by atoms with Crippen LogP contribution in [-0.4, -0.2) is 58.7 Å². The largest absolute Gasteiger partial charge is 0.484 e. The summed E-state index contributed by atoms with van der Waals surface area (Å²) in [6, 6.07) is 11.6. The number of carbonyl (C=O) groups is 1. The number of ether oxygens (including phenoxy) is 1. The summed E-state index contributed by atoms with van der Waals surface area (Å²) >= 11 is 0. The van der Waals surface area contributed by atoms with Crippen LogP contribution in [0.15, 0.2) is 47.1 Å². The van der Waals surface area contributed by atoms with Crippen molar-refractivity contribution >= 4 is 11.7 Å². The fourth-order valence-corrected chi connectivity index (χ4v) is 3.43. The quantitative estimate of drug-likeness (QED) is 0.604. The average Bonchev–Trinajstić information content (AvgIpc) is 3.29. The molecule has 8 nitrogen and oxygen atoms in total. The first kappa shape index (κ1) is 20.8. The fraction of sp³-hybridized carbons (Fsp3) is 0.391. The van der Waals surface area contributed by atoms with Crippen LogP contribution in [0, 0.1) is 6.92 Å². The highest BCUT2D eigenvalue weighted by Gasteiger charge is 2.22. The van der Waals surface area contributed by atoms with Crippen LogP contribution in [0.25, 0.3) is 11.4 Å². The Balaban J connectivity index is 1.30. The number of hydrogen-bond donors (Lipinski definition) is 0. The van der Waals surface area contributed by atoms with Crippen LogP contribution in [0.1, 0.15) is 31.2 Å². The van der Waals surface area contributed by atoms with Gasteiger partial charge in [-0.2, -0.15) is 4.98 Å². The molecule has 0 atom stereocenters. The van der Waals surface area contributed by atoms with E-state index in [9.17, 15) is 4.79 Å². The van der Waals surface area contributed by atoms with Crippen LogP contribution in [0.4, 0.5) is 5.82 Å². The zero-order valence-electron chi connectivity index (χ0n) is 18.1. The van der Waals surface area contributed by atoms with Gasteiger partial charge in [-0.1, -0.05) is 37.2 Å². The molecule has 4 rings (SSSR count). The summed E-state index contributed by atoms with van der Waals surface area (Å²) < 4.78 is 11.0. The van der Waals surface area contributed by atoms with Gasteiger partial charge in [-0.3, -0.25) is 4.79 Å². The predicted molar refractivity (Wildman–Crippen MR) is 117 cm³/mol. The van der Waals surface area contributed by atoms with Gasteiger partial charge in [-0.25, -0.2) is 4.98 Å². The van der Waals surface area contributed by atoms with Crippen LogP contribution in [0.3, 0.4) is 0 Å². The number of aromatic nitrogens is 3. The zero-order valence-corrected chi connectivity index (χ0v) is 18.1. The molecule has 2 aromatic heterocycles. The maximum absolute atomic E-state index is 12.5.